The van der Waals surface area contributed by atoms with Crippen LogP contribution in [-0.2, 0) is 4.74 Å². The number of esters is 1. The van der Waals surface area contributed by atoms with Gasteiger partial charge in [0.05, 0.1) is 12.7 Å². The minimum absolute atomic E-state index is 0.211. The number of rotatable bonds is 3. The lowest BCUT2D eigenvalue weighted by Crippen LogP contribution is -2.00. The fraction of sp³-hybridized carbons (Fsp3) is 0.118. The highest BCUT2D eigenvalue weighted by molar-refractivity contribution is 5.89. The van der Waals surface area contributed by atoms with Gasteiger partial charge in [0.1, 0.15) is 0 Å². The molecule has 0 fully saturated rings. The van der Waals surface area contributed by atoms with Crippen molar-refractivity contribution in [3.05, 3.63) is 48.0 Å². The molecular formula is C17H12N2O5. The zero-order valence-electron chi connectivity index (χ0n) is 12.7. The molecular weight excluding hydrogens is 312 g/mol. The van der Waals surface area contributed by atoms with E-state index in [1.165, 1.54) is 7.11 Å². The predicted octanol–water partition coefficient (Wildman–Crippen LogP) is 2.92. The highest BCUT2D eigenvalue weighted by Gasteiger charge is 2.17. The highest BCUT2D eigenvalue weighted by Crippen LogP contribution is 2.35. The monoisotopic (exact) mass is 324 g/mol. The summed E-state index contributed by atoms with van der Waals surface area (Å²) in [4.78, 5) is 15.8. The molecule has 0 bridgehead atoms. The largest absolute Gasteiger partial charge is 0.465 e. The molecule has 0 spiro atoms. The average Bonchev–Trinajstić information content (AvgIpc) is 3.29. The predicted molar refractivity (Wildman–Crippen MR) is 82.6 cm³/mol. The molecule has 1 aliphatic rings. The molecule has 120 valence electrons. The van der Waals surface area contributed by atoms with Gasteiger partial charge in [0.2, 0.25) is 12.6 Å². The van der Waals surface area contributed by atoms with Crippen LogP contribution in [0.2, 0.25) is 0 Å². The summed E-state index contributed by atoms with van der Waals surface area (Å²) >= 11 is 0. The summed E-state index contributed by atoms with van der Waals surface area (Å²) < 4.78 is 20.6. The first-order valence-corrected chi connectivity index (χ1v) is 7.17. The first-order chi connectivity index (χ1) is 11.7. The van der Waals surface area contributed by atoms with Gasteiger partial charge in [-0.25, -0.2) is 4.79 Å². The lowest BCUT2D eigenvalue weighted by Gasteiger charge is -1.99. The van der Waals surface area contributed by atoms with Gasteiger partial charge >= 0.3 is 5.97 Å². The van der Waals surface area contributed by atoms with Crippen molar-refractivity contribution in [2.75, 3.05) is 13.9 Å². The fourth-order valence-electron chi connectivity index (χ4n) is 2.36. The molecule has 2 aromatic carbocycles. The van der Waals surface area contributed by atoms with Crippen molar-refractivity contribution in [2.45, 2.75) is 0 Å². The molecule has 0 radical (unpaired) electrons. The van der Waals surface area contributed by atoms with Crippen molar-refractivity contribution in [1.82, 2.24) is 10.1 Å². The molecule has 1 aliphatic heterocycles. The summed E-state index contributed by atoms with van der Waals surface area (Å²) in [6.45, 7) is 0.211. The Labute approximate surface area is 136 Å². The third-order valence-electron chi connectivity index (χ3n) is 3.61. The van der Waals surface area contributed by atoms with Crippen LogP contribution in [-0.4, -0.2) is 30.0 Å². The van der Waals surface area contributed by atoms with Crippen LogP contribution >= 0.6 is 0 Å². The van der Waals surface area contributed by atoms with E-state index in [-0.39, 0.29) is 6.79 Å². The molecule has 1 aromatic heterocycles. The Kier molecular flexibility index (Phi) is 3.38. The standard InChI is InChI=1S/C17H12N2O5/c1-21-17(20)11-4-2-10(3-5-11)16-18-15(19-24-16)12-6-7-13-14(8-12)23-9-22-13/h2-8H,9H2,1H3. The zero-order valence-corrected chi connectivity index (χ0v) is 12.7. The van der Waals surface area contributed by atoms with Gasteiger partial charge in [-0.15, -0.1) is 0 Å². The number of hydrogen-bond acceptors (Lipinski definition) is 7. The van der Waals surface area contributed by atoms with Crippen molar-refractivity contribution < 1.29 is 23.5 Å². The second-order valence-corrected chi connectivity index (χ2v) is 5.06. The van der Waals surface area contributed by atoms with Crippen molar-refractivity contribution in [2.24, 2.45) is 0 Å². The molecule has 7 heteroatoms. The van der Waals surface area contributed by atoms with Crippen molar-refractivity contribution in [3.63, 3.8) is 0 Å². The Morgan fingerprint density at radius 3 is 2.58 bits per heavy atom. The molecule has 4 rings (SSSR count). The van der Waals surface area contributed by atoms with Crippen LogP contribution in [0.5, 0.6) is 11.5 Å². The number of ether oxygens (including phenoxy) is 3. The number of carbonyl (C=O) groups excluding carboxylic acids is 1. The number of nitrogens with zero attached hydrogens (tertiary/aromatic N) is 2. The topological polar surface area (TPSA) is 83.7 Å². The molecule has 0 aliphatic carbocycles. The molecule has 3 aromatic rings. The zero-order chi connectivity index (χ0) is 16.5. The lowest BCUT2D eigenvalue weighted by molar-refractivity contribution is 0.0600. The number of methoxy groups -OCH3 is 1. The summed E-state index contributed by atoms with van der Waals surface area (Å²) in [5, 5.41) is 3.99. The summed E-state index contributed by atoms with van der Waals surface area (Å²) in [5.74, 6) is 1.76. The van der Waals surface area contributed by atoms with E-state index in [0.29, 0.717) is 34.3 Å². The second kappa shape index (κ2) is 5.69. The minimum atomic E-state index is -0.395. The molecule has 0 saturated carbocycles. The van der Waals surface area contributed by atoms with Gasteiger partial charge in [0.15, 0.2) is 11.5 Å². The number of aromatic nitrogens is 2. The van der Waals surface area contributed by atoms with E-state index in [1.54, 1.807) is 36.4 Å². The summed E-state index contributed by atoms with van der Waals surface area (Å²) in [6, 6.07) is 12.2. The van der Waals surface area contributed by atoms with Crippen molar-refractivity contribution in [3.8, 4) is 34.3 Å². The van der Waals surface area contributed by atoms with Crippen molar-refractivity contribution in [1.29, 1.82) is 0 Å². The maximum atomic E-state index is 11.4. The van der Waals surface area contributed by atoms with Gasteiger partial charge in [0.25, 0.3) is 5.89 Å². The highest BCUT2D eigenvalue weighted by atomic mass is 16.7. The number of fused-ring (bicyclic) bond motifs is 1. The van der Waals surface area contributed by atoms with Crippen LogP contribution in [0.3, 0.4) is 0 Å². The van der Waals surface area contributed by atoms with Gasteiger partial charge in [-0.05, 0) is 42.5 Å². The second-order valence-electron chi connectivity index (χ2n) is 5.06. The Morgan fingerprint density at radius 2 is 1.79 bits per heavy atom. The van der Waals surface area contributed by atoms with Crippen LogP contribution in [0.15, 0.2) is 47.0 Å². The molecule has 0 saturated heterocycles. The Balaban J connectivity index is 1.62. The normalized spacial score (nSPS) is 12.2. The molecule has 0 N–H and O–H groups in total. The lowest BCUT2D eigenvalue weighted by atomic mass is 10.1. The van der Waals surface area contributed by atoms with Gasteiger partial charge in [0, 0.05) is 11.1 Å². The van der Waals surface area contributed by atoms with Gasteiger partial charge in [-0.1, -0.05) is 5.16 Å². The van der Waals surface area contributed by atoms with E-state index in [9.17, 15) is 4.79 Å². The average molecular weight is 324 g/mol. The van der Waals surface area contributed by atoms with Crippen LogP contribution in [0, 0.1) is 0 Å². The van der Waals surface area contributed by atoms with Gasteiger partial charge < -0.3 is 18.7 Å². The summed E-state index contributed by atoms with van der Waals surface area (Å²) in [6.07, 6.45) is 0. The number of hydrogen-bond donors (Lipinski definition) is 0. The Hall–Kier alpha value is -3.35. The quantitative estimate of drug-likeness (QED) is 0.685. The molecule has 7 nitrogen and oxygen atoms in total. The maximum Gasteiger partial charge on any atom is 0.337 e. The van der Waals surface area contributed by atoms with Gasteiger partial charge in [-0.3, -0.25) is 0 Å². The third-order valence-corrected chi connectivity index (χ3v) is 3.61. The van der Waals surface area contributed by atoms with E-state index in [4.69, 9.17) is 14.0 Å². The van der Waals surface area contributed by atoms with Crippen LogP contribution in [0.1, 0.15) is 10.4 Å². The van der Waals surface area contributed by atoms with E-state index in [2.05, 4.69) is 14.9 Å². The van der Waals surface area contributed by atoms with Crippen LogP contribution in [0.4, 0.5) is 0 Å². The van der Waals surface area contributed by atoms with Crippen LogP contribution in [0.25, 0.3) is 22.8 Å². The minimum Gasteiger partial charge on any atom is -0.465 e. The molecule has 0 atom stereocenters. The smallest absolute Gasteiger partial charge is 0.337 e. The van der Waals surface area contributed by atoms with E-state index in [0.717, 1.165) is 5.56 Å². The third kappa shape index (κ3) is 2.45. The van der Waals surface area contributed by atoms with E-state index in [1.807, 2.05) is 6.07 Å². The fourth-order valence-corrected chi connectivity index (χ4v) is 2.36. The molecule has 2 heterocycles. The van der Waals surface area contributed by atoms with Crippen molar-refractivity contribution >= 4 is 5.97 Å². The first-order valence-electron chi connectivity index (χ1n) is 7.17. The molecule has 0 unspecified atom stereocenters. The Bertz CT molecular complexity index is 902. The molecule has 0 amide bonds. The number of benzene rings is 2. The summed E-state index contributed by atoms with van der Waals surface area (Å²) in [7, 11) is 1.34. The van der Waals surface area contributed by atoms with E-state index >= 15 is 0 Å². The SMILES string of the molecule is COC(=O)c1ccc(-c2nc(-c3ccc4c(c3)OCO4)no2)cc1. The Morgan fingerprint density at radius 1 is 1.04 bits per heavy atom. The first kappa shape index (κ1) is 14.3. The van der Waals surface area contributed by atoms with E-state index < -0.39 is 5.97 Å². The summed E-state index contributed by atoms with van der Waals surface area (Å²) in [5.41, 5.74) is 1.93. The van der Waals surface area contributed by atoms with Crippen LogP contribution < -0.4 is 9.47 Å². The number of carbonyl (C=O) groups is 1. The molecule has 24 heavy (non-hydrogen) atoms. The van der Waals surface area contributed by atoms with Gasteiger partial charge in [-0.2, -0.15) is 4.98 Å². The maximum absolute atomic E-state index is 11.4.